The average molecular weight is 244 g/mol. The molecule has 0 radical (unpaired) electrons. The van der Waals surface area contributed by atoms with E-state index in [9.17, 15) is 8.78 Å². The first-order valence-corrected chi connectivity index (χ1v) is 4.94. The number of hydrogen-bond acceptors (Lipinski definition) is 2. The molecule has 0 fully saturated rings. The van der Waals surface area contributed by atoms with Gasteiger partial charge in [-0.15, -0.1) is 0 Å². The van der Waals surface area contributed by atoms with Gasteiger partial charge in [-0.3, -0.25) is 0 Å². The fourth-order valence-corrected chi connectivity index (χ4v) is 1.59. The quantitative estimate of drug-likeness (QED) is 0.811. The summed E-state index contributed by atoms with van der Waals surface area (Å²) >= 11 is 5.91. The van der Waals surface area contributed by atoms with Crippen LogP contribution >= 0.6 is 11.6 Å². The van der Waals surface area contributed by atoms with E-state index in [1.165, 1.54) is 0 Å². The van der Waals surface area contributed by atoms with Crippen LogP contribution in [0.15, 0.2) is 24.3 Å². The van der Waals surface area contributed by atoms with E-state index in [4.69, 9.17) is 11.6 Å². The molecule has 0 amide bonds. The summed E-state index contributed by atoms with van der Waals surface area (Å²) in [6.07, 6.45) is -2.68. The molecule has 2 aromatic rings. The van der Waals surface area contributed by atoms with Gasteiger partial charge in [0.25, 0.3) is 6.43 Å². The van der Waals surface area contributed by atoms with Crippen molar-refractivity contribution in [2.45, 2.75) is 13.3 Å². The highest BCUT2D eigenvalue weighted by atomic mass is 35.5. The van der Waals surface area contributed by atoms with Gasteiger partial charge < -0.3 is 0 Å². The third-order valence-electron chi connectivity index (χ3n) is 2.01. The minimum atomic E-state index is -2.68. The number of aromatic nitrogens is 3. The predicted octanol–water partition coefficient (Wildman–Crippen LogP) is 3.17. The average Bonchev–Trinajstić information content (AvgIpc) is 2.61. The molecule has 1 aromatic carbocycles. The van der Waals surface area contributed by atoms with Crippen LogP contribution in [0.4, 0.5) is 8.78 Å². The van der Waals surface area contributed by atoms with Gasteiger partial charge in [0.1, 0.15) is 5.82 Å². The zero-order valence-corrected chi connectivity index (χ0v) is 9.12. The fraction of sp³-hybridized carbons (Fsp3) is 0.200. The van der Waals surface area contributed by atoms with Crippen molar-refractivity contribution in [2.75, 3.05) is 0 Å². The van der Waals surface area contributed by atoms with Gasteiger partial charge in [-0.1, -0.05) is 23.7 Å². The van der Waals surface area contributed by atoms with E-state index in [0.29, 0.717) is 10.7 Å². The Morgan fingerprint density at radius 2 is 2.00 bits per heavy atom. The van der Waals surface area contributed by atoms with Crippen molar-refractivity contribution in [3.8, 4) is 5.69 Å². The van der Waals surface area contributed by atoms with Gasteiger partial charge in [0.15, 0.2) is 5.82 Å². The Kier molecular flexibility index (Phi) is 2.87. The highest BCUT2D eigenvalue weighted by Gasteiger charge is 2.19. The molecule has 1 aromatic heterocycles. The largest absolute Gasteiger partial charge is 0.297 e. The van der Waals surface area contributed by atoms with Gasteiger partial charge in [0, 0.05) is 0 Å². The number of para-hydroxylation sites is 1. The number of alkyl halides is 2. The Balaban J connectivity index is 2.60. The highest BCUT2D eigenvalue weighted by molar-refractivity contribution is 6.32. The van der Waals surface area contributed by atoms with Crippen LogP contribution in [0.5, 0.6) is 0 Å². The van der Waals surface area contributed by atoms with Gasteiger partial charge in [0.2, 0.25) is 0 Å². The minimum absolute atomic E-state index is 0.287. The third-order valence-corrected chi connectivity index (χ3v) is 2.33. The number of nitrogens with zero attached hydrogens (tertiary/aromatic N) is 3. The van der Waals surface area contributed by atoms with Gasteiger partial charge in [-0.05, 0) is 19.1 Å². The lowest BCUT2D eigenvalue weighted by Crippen LogP contribution is -2.04. The summed E-state index contributed by atoms with van der Waals surface area (Å²) in [5.74, 6) is -0.110. The Morgan fingerprint density at radius 3 is 2.62 bits per heavy atom. The van der Waals surface area contributed by atoms with E-state index in [1.54, 1.807) is 31.2 Å². The first kappa shape index (κ1) is 11.0. The van der Waals surface area contributed by atoms with Crippen LogP contribution in [0.3, 0.4) is 0 Å². The van der Waals surface area contributed by atoms with E-state index in [-0.39, 0.29) is 5.82 Å². The maximum Gasteiger partial charge on any atom is 0.297 e. The second kappa shape index (κ2) is 4.17. The monoisotopic (exact) mass is 243 g/mol. The zero-order valence-electron chi connectivity index (χ0n) is 8.36. The molecule has 3 nitrogen and oxygen atoms in total. The molecule has 2 rings (SSSR count). The number of rotatable bonds is 2. The molecule has 0 aliphatic carbocycles. The van der Waals surface area contributed by atoms with Gasteiger partial charge >= 0.3 is 0 Å². The van der Waals surface area contributed by atoms with E-state index in [2.05, 4.69) is 10.1 Å². The molecule has 0 bridgehead atoms. The minimum Gasteiger partial charge on any atom is -0.211 e. The fourth-order valence-electron chi connectivity index (χ4n) is 1.37. The van der Waals surface area contributed by atoms with E-state index >= 15 is 0 Å². The highest BCUT2D eigenvalue weighted by Crippen LogP contribution is 2.24. The van der Waals surface area contributed by atoms with Crippen LogP contribution in [-0.4, -0.2) is 14.8 Å². The summed E-state index contributed by atoms with van der Waals surface area (Å²) in [7, 11) is 0. The molecule has 0 saturated heterocycles. The summed E-state index contributed by atoms with van der Waals surface area (Å²) in [6.45, 7) is 1.55. The molecular formula is C10H8ClF2N3. The topological polar surface area (TPSA) is 30.7 Å². The number of halogens is 3. The maximum absolute atomic E-state index is 12.7. The van der Waals surface area contributed by atoms with Crippen molar-refractivity contribution in [2.24, 2.45) is 0 Å². The van der Waals surface area contributed by atoms with Crippen molar-refractivity contribution in [1.82, 2.24) is 14.8 Å². The summed E-state index contributed by atoms with van der Waals surface area (Å²) < 4.78 is 26.5. The summed E-state index contributed by atoms with van der Waals surface area (Å²) in [5, 5.41) is 4.26. The van der Waals surface area contributed by atoms with Crippen molar-refractivity contribution < 1.29 is 8.78 Å². The second-order valence-corrected chi connectivity index (χ2v) is 3.59. The molecule has 6 heteroatoms. The number of hydrogen-bond donors (Lipinski definition) is 0. The normalized spacial score (nSPS) is 11.1. The van der Waals surface area contributed by atoms with Crippen molar-refractivity contribution in [3.05, 3.63) is 40.9 Å². The first-order valence-electron chi connectivity index (χ1n) is 4.56. The molecule has 0 aliphatic heterocycles. The second-order valence-electron chi connectivity index (χ2n) is 3.18. The SMILES string of the molecule is Cc1nc(C(F)F)n(-c2ccccc2Cl)n1. The smallest absolute Gasteiger partial charge is 0.211 e. The molecule has 0 saturated carbocycles. The Morgan fingerprint density at radius 1 is 1.31 bits per heavy atom. The molecule has 1 heterocycles. The Hall–Kier alpha value is -1.49. The third kappa shape index (κ3) is 1.90. The van der Waals surface area contributed by atoms with E-state index in [0.717, 1.165) is 4.68 Å². The van der Waals surface area contributed by atoms with Crippen molar-refractivity contribution in [1.29, 1.82) is 0 Å². The lowest BCUT2D eigenvalue weighted by molar-refractivity contribution is 0.137. The van der Waals surface area contributed by atoms with E-state index in [1.807, 2.05) is 0 Å². The van der Waals surface area contributed by atoms with Crippen LogP contribution in [0, 0.1) is 6.92 Å². The van der Waals surface area contributed by atoms with E-state index < -0.39 is 12.2 Å². The van der Waals surface area contributed by atoms with Crippen molar-refractivity contribution in [3.63, 3.8) is 0 Å². The summed E-state index contributed by atoms with van der Waals surface area (Å²) in [6, 6.07) is 6.65. The molecule has 0 unspecified atom stereocenters. The maximum atomic E-state index is 12.7. The number of aryl methyl sites for hydroxylation is 1. The zero-order chi connectivity index (χ0) is 11.7. The van der Waals surface area contributed by atoms with Crippen LogP contribution < -0.4 is 0 Å². The van der Waals surface area contributed by atoms with Crippen LogP contribution in [-0.2, 0) is 0 Å². The first-order chi connectivity index (χ1) is 7.59. The standard InChI is InChI=1S/C10H8ClF2N3/c1-6-14-10(9(12)13)16(15-6)8-5-3-2-4-7(8)11/h2-5,9H,1H3. The van der Waals surface area contributed by atoms with Crippen LogP contribution in [0.25, 0.3) is 5.69 Å². The molecule has 84 valence electrons. The van der Waals surface area contributed by atoms with Gasteiger partial charge in [0.05, 0.1) is 10.7 Å². The Bertz CT molecular complexity index is 511. The van der Waals surface area contributed by atoms with Crippen molar-refractivity contribution >= 4 is 11.6 Å². The van der Waals surface area contributed by atoms with Gasteiger partial charge in [-0.2, -0.15) is 5.10 Å². The lowest BCUT2D eigenvalue weighted by atomic mass is 10.3. The molecule has 16 heavy (non-hydrogen) atoms. The molecular weight excluding hydrogens is 236 g/mol. The van der Waals surface area contributed by atoms with Crippen LogP contribution in [0.1, 0.15) is 18.1 Å². The molecule has 0 N–H and O–H groups in total. The number of benzene rings is 1. The summed E-state index contributed by atoms with van der Waals surface area (Å²) in [5.41, 5.74) is 0.403. The van der Waals surface area contributed by atoms with Crippen LogP contribution in [0.2, 0.25) is 5.02 Å². The lowest BCUT2D eigenvalue weighted by Gasteiger charge is -2.06. The Labute approximate surface area is 95.7 Å². The molecule has 0 atom stereocenters. The van der Waals surface area contributed by atoms with Gasteiger partial charge in [-0.25, -0.2) is 18.4 Å². The molecule has 0 spiro atoms. The summed E-state index contributed by atoms with van der Waals surface area (Å²) in [4.78, 5) is 3.67. The predicted molar refractivity (Wildman–Crippen MR) is 56.1 cm³/mol. The molecule has 0 aliphatic rings.